The maximum absolute atomic E-state index is 10.4. The van der Waals surface area contributed by atoms with E-state index in [4.69, 9.17) is 21.3 Å². The van der Waals surface area contributed by atoms with Crippen LogP contribution in [0, 0.1) is 0 Å². The van der Waals surface area contributed by atoms with Crippen molar-refractivity contribution in [1.29, 1.82) is 0 Å². The zero-order chi connectivity index (χ0) is 9.78. The summed E-state index contributed by atoms with van der Waals surface area (Å²) in [6.07, 6.45) is 0. The van der Waals surface area contributed by atoms with Gasteiger partial charge in [-0.2, -0.15) is 0 Å². The molecular formula is C3H8N3O5P. The van der Waals surface area contributed by atoms with E-state index < -0.39 is 20.3 Å². The van der Waals surface area contributed by atoms with Gasteiger partial charge in [-0.25, -0.2) is 14.4 Å². The van der Waals surface area contributed by atoms with Gasteiger partial charge in [0.1, 0.15) is 6.54 Å². The van der Waals surface area contributed by atoms with Crippen LogP contribution in [0.2, 0.25) is 0 Å². The van der Waals surface area contributed by atoms with Crippen molar-refractivity contribution in [3.8, 4) is 0 Å². The number of phosphoric acid groups is 1. The van der Waals surface area contributed by atoms with E-state index in [1.807, 2.05) is 0 Å². The second-order valence-electron chi connectivity index (χ2n) is 1.69. The van der Waals surface area contributed by atoms with Crippen molar-refractivity contribution in [2.75, 3.05) is 6.54 Å². The number of nitrogens with zero attached hydrogens (tertiary/aromatic N) is 1. The molecular weight excluding hydrogens is 189 g/mol. The van der Waals surface area contributed by atoms with Gasteiger partial charge in [-0.3, -0.25) is 9.79 Å². The third-order valence-electron chi connectivity index (χ3n) is 0.611. The highest BCUT2D eigenvalue weighted by atomic mass is 31.2. The van der Waals surface area contributed by atoms with E-state index in [0.717, 1.165) is 0 Å². The number of guanidine groups is 1. The van der Waals surface area contributed by atoms with Gasteiger partial charge in [-0.05, 0) is 0 Å². The molecule has 0 radical (unpaired) electrons. The van der Waals surface area contributed by atoms with Gasteiger partial charge in [0.15, 0.2) is 5.96 Å². The zero-order valence-corrected chi connectivity index (χ0v) is 6.77. The summed E-state index contributed by atoms with van der Waals surface area (Å²) in [6.45, 7) is -0.618. The molecule has 8 nitrogen and oxygen atoms in total. The molecule has 0 fully saturated rings. The first-order valence-electron chi connectivity index (χ1n) is 2.64. The van der Waals surface area contributed by atoms with Crippen molar-refractivity contribution in [2.24, 2.45) is 16.5 Å². The second-order valence-corrected chi connectivity index (χ2v) is 2.86. The molecule has 0 bridgehead atoms. The minimum absolute atomic E-state index is 0.363. The molecule has 0 saturated carbocycles. The summed E-state index contributed by atoms with van der Waals surface area (Å²) < 4.78 is 13.6. The van der Waals surface area contributed by atoms with Gasteiger partial charge in [0.05, 0.1) is 0 Å². The lowest BCUT2D eigenvalue weighted by molar-refractivity contribution is -0.134. The quantitative estimate of drug-likeness (QED) is 0.230. The molecule has 0 aliphatic heterocycles. The lowest BCUT2D eigenvalue weighted by Gasteiger charge is -2.02. The first-order chi connectivity index (χ1) is 5.31. The van der Waals surface area contributed by atoms with Gasteiger partial charge >= 0.3 is 13.8 Å². The molecule has 0 aliphatic rings. The Balaban J connectivity index is 3.93. The third-order valence-corrected chi connectivity index (χ3v) is 1.05. The first-order valence-corrected chi connectivity index (χ1v) is 4.17. The summed E-state index contributed by atoms with van der Waals surface area (Å²) in [5, 5.41) is 0. The maximum Gasteiger partial charge on any atom is 0.527 e. The van der Waals surface area contributed by atoms with E-state index in [2.05, 4.69) is 9.52 Å². The molecule has 12 heavy (non-hydrogen) atoms. The summed E-state index contributed by atoms with van der Waals surface area (Å²) in [6, 6.07) is 0. The lowest BCUT2D eigenvalue weighted by atomic mass is 10.7. The van der Waals surface area contributed by atoms with Crippen LogP contribution < -0.4 is 11.5 Å². The highest BCUT2D eigenvalue weighted by Gasteiger charge is 2.19. The molecule has 0 saturated heterocycles. The topological polar surface area (TPSA) is 148 Å². The summed E-state index contributed by atoms with van der Waals surface area (Å²) in [5.41, 5.74) is 9.66. The van der Waals surface area contributed by atoms with Gasteiger partial charge in [0.25, 0.3) is 0 Å². The predicted octanol–water partition coefficient (Wildman–Crippen LogP) is -2.10. The van der Waals surface area contributed by atoms with Crippen LogP contribution in [-0.2, 0) is 13.9 Å². The average Bonchev–Trinajstić information content (AvgIpc) is 1.79. The van der Waals surface area contributed by atoms with Crippen LogP contribution >= 0.6 is 7.82 Å². The molecule has 6 N–H and O–H groups in total. The van der Waals surface area contributed by atoms with Crippen molar-refractivity contribution in [3.63, 3.8) is 0 Å². The number of hydrogen-bond donors (Lipinski definition) is 4. The number of aliphatic imine (C=N–C) groups is 1. The molecule has 0 spiro atoms. The van der Waals surface area contributed by atoms with Crippen molar-refractivity contribution in [3.05, 3.63) is 0 Å². The summed E-state index contributed by atoms with van der Waals surface area (Å²) >= 11 is 0. The van der Waals surface area contributed by atoms with Gasteiger partial charge in [-0.1, -0.05) is 0 Å². The first kappa shape index (κ1) is 10.9. The van der Waals surface area contributed by atoms with Crippen molar-refractivity contribution >= 4 is 19.8 Å². The fraction of sp³-hybridized carbons (Fsp3) is 0.333. The molecule has 0 amide bonds. The van der Waals surface area contributed by atoms with E-state index in [1.54, 1.807) is 0 Å². The highest BCUT2D eigenvalue weighted by Crippen LogP contribution is 2.35. The molecule has 0 aliphatic carbocycles. The maximum atomic E-state index is 10.4. The Morgan fingerprint density at radius 3 is 2.33 bits per heavy atom. The van der Waals surface area contributed by atoms with E-state index >= 15 is 0 Å². The molecule has 0 aromatic carbocycles. The minimum atomic E-state index is -4.78. The standard InChI is InChI=1S/C3H8N3O5P/c4-3(5)6-1-2(7)11-12(8,9)10/h1H2,(H4,4,5,6)(H2,8,9,10). The van der Waals surface area contributed by atoms with Crippen molar-refractivity contribution < 1.29 is 23.7 Å². The predicted molar refractivity (Wildman–Crippen MR) is 38.8 cm³/mol. The third kappa shape index (κ3) is 7.00. The highest BCUT2D eigenvalue weighted by molar-refractivity contribution is 7.46. The number of carbonyl (C=O) groups is 1. The minimum Gasteiger partial charge on any atom is -0.370 e. The Labute approximate surface area is 67.5 Å². The zero-order valence-electron chi connectivity index (χ0n) is 5.88. The summed E-state index contributed by atoms with van der Waals surface area (Å²) in [4.78, 5) is 29.8. The average molecular weight is 197 g/mol. The van der Waals surface area contributed by atoms with Gasteiger partial charge in [0, 0.05) is 0 Å². The van der Waals surface area contributed by atoms with Crippen LogP contribution in [-0.4, -0.2) is 28.3 Å². The van der Waals surface area contributed by atoms with Crippen LogP contribution in [0.3, 0.4) is 0 Å². The monoisotopic (exact) mass is 197 g/mol. The van der Waals surface area contributed by atoms with Gasteiger partial charge in [-0.15, -0.1) is 0 Å². The molecule has 0 unspecified atom stereocenters. The van der Waals surface area contributed by atoms with Crippen LogP contribution in [0.1, 0.15) is 0 Å². The fourth-order valence-electron chi connectivity index (χ4n) is 0.317. The Morgan fingerprint density at radius 2 is 2.00 bits per heavy atom. The second kappa shape index (κ2) is 4.05. The van der Waals surface area contributed by atoms with E-state index in [1.165, 1.54) is 0 Å². The van der Waals surface area contributed by atoms with E-state index in [0.29, 0.717) is 0 Å². The molecule has 70 valence electrons. The normalized spacial score (nSPS) is 10.5. The largest absolute Gasteiger partial charge is 0.527 e. The van der Waals surface area contributed by atoms with Crippen LogP contribution in [0.15, 0.2) is 4.99 Å². The summed E-state index contributed by atoms with van der Waals surface area (Å²) in [5.74, 6) is -1.56. The lowest BCUT2D eigenvalue weighted by Crippen LogP contribution is -2.24. The number of nitrogens with two attached hydrogens (primary N) is 2. The number of carbonyl (C=O) groups excluding carboxylic acids is 1. The van der Waals surface area contributed by atoms with Gasteiger partial charge < -0.3 is 16.0 Å². The number of rotatable bonds is 3. The van der Waals surface area contributed by atoms with Crippen LogP contribution in [0.4, 0.5) is 0 Å². The van der Waals surface area contributed by atoms with Crippen LogP contribution in [0.5, 0.6) is 0 Å². The van der Waals surface area contributed by atoms with E-state index in [-0.39, 0.29) is 5.96 Å². The molecule has 0 aromatic heterocycles. The number of hydrogen-bond acceptors (Lipinski definition) is 4. The van der Waals surface area contributed by atoms with Crippen molar-refractivity contribution in [2.45, 2.75) is 0 Å². The Kier molecular flexibility index (Phi) is 3.68. The van der Waals surface area contributed by atoms with Crippen LogP contribution in [0.25, 0.3) is 0 Å². The smallest absolute Gasteiger partial charge is 0.370 e. The Bertz CT molecular complexity index is 240. The molecule has 0 aromatic rings. The molecule has 9 heteroatoms. The number of phosphoric ester groups is 1. The Morgan fingerprint density at radius 1 is 1.50 bits per heavy atom. The molecule has 0 rings (SSSR count). The van der Waals surface area contributed by atoms with Gasteiger partial charge in [0.2, 0.25) is 0 Å². The Hall–Kier alpha value is -1.11. The fourth-order valence-corrected chi connectivity index (χ4v) is 0.640. The van der Waals surface area contributed by atoms with Crippen molar-refractivity contribution in [1.82, 2.24) is 0 Å². The SMILES string of the molecule is NC(N)=NCC(=O)OP(=O)(O)O. The molecule has 0 heterocycles. The molecule has 0 atom stereocenters. The summed E-state index contributed by atoms with van der Waals surface area (Å²) in [7, 11) is -4.78. The van der Waals surface area contributed by atoms with E-state index in [9.17, 15) is 9.36 Å².